The van der Waals surface area contributed by atoms with Gasteiger partial charge in [-0.2, -0.15) is 0 Å². The zero-order chi connectivity index (χ0) is 40.5. The molecule has 2 aliphatic carbocycles. The first-order chi connectivity index (χ1) is 30.8. The van der Waals surface area contributed by atoms with Gasteiger partial charge in [-0.25, -0.2) is 0 Å². The second kappa shape index (κ2) is 12.5. The molecule has 12 aromatic rings. The number of aromatic nitrogens is 1. The van der Waals surface area contributed by atoms with Gasteiger partial charge in [0.05, 0.1) is 16.4 Å². The van der Waals surface area contributed by atoms with Crippen LogP contribution in [-0.4, -0.2) is 4.57 Å². The molecule has 0 radical (unpaired) electrons. The van der Waals surface area contributed by atoms with Crippen LogP contribution in [0.4, 0.5) is 0 Å². The molecule has 0 saturated carbocycles. The maximum atomic E-state index is 2.51. The van der Waals surface area contributed by atoms with Gasteiger partial charge in [0.15, 0.2) is 0 Å². The Kier molecular flexibility index (Phi) is 6.82. The molecule has 0 atom stereocenters. The summed E-state index contributed by atoms with van der Waals surface area (Å²) in [7, 11) is 0. The fourth-order valence-electron chi connectivity index (χ4n) is 11.9. The van der Waals surface area contributed by atoms with Gasteiger partial charge in [-0.1, -0.05) is 200 Å². The van der Waals surface area contributed by atoms with Crippen molar-refractivity contribution in [3.63, 3.8) is 0 Å². The van der Waals surface area contributed by atoms with E-state index in [4.69, 9.17) is 0 Å². The molecular formula is C61H37N. The van der Waals surface area contributed by atoms with E-state index in [0.717, 1.165) is 5.69 Å². The highest BCUT2D eigenvalue weighted by Crippen LogP contribution is 2.64. The summed E-state index contributed by atoms with van der Waals surface area (Å²) in [5.41, 5.74) is 19.0. The minimum atomic E-state index is -0.407. The molecule has 2 aliphatic rings. The van der Waals surface area contributed by atoms with Gasteiger partial charge in [0.2, 0.25) is 0 Å². The summed E-state index contributed by atoms with van der Waals surface area (Å²) in [6.07, 6.45) is 0. The van der Waals surface area contributed by atoms with Crippen LogP contribution in [0.2, 0.25) is 0 Å². The van der Waals surface area contributed by atoms with Crippen molar-refractivity contribution in [2.45, 2.75) is 5.41 Å². The molecule has 1 heterocycles. The van der Waals surface area contributed by atoms with Gasteiger partial charge in [0.25, 0.3) is 0 Å². The van der Waals surface area contributed by atoms with Crippen molar-refractivity contribution >= 4 is 54.1 Å². The van der Waals surface area contributed by atoms with Crippen molar-refractivity contribution in [2.24, 2.45) is 0 Å². The van der Waals surface area contributed by atoms with Crippen LogP contribution in [0.25, 0.3) is 104 Å². The number of rotatable bonds is 3. The minimum Gasteiger partial charge on any atom is -0.309 e. The number of hydrogen-bond acceptors (Lipinski definition) is 0. The van der Waals surface area contributed by atoms with Crippen molar-refractivity contribution in [3.8, 4) is 50.2 Å². The van der Waals surface area contributed by atoms with E-state index in [9.17, 15) is 0 Å². The highest BCUT2D eigenvalue weighted by atomic mass is 15.0. The Bertz CT molecular complexity index is 3750. The first kappa shape index (κ1) is 33.8. The molecular weight excluding hydrogens is 747 g/mol. The summed E-state index contributed by atoms with van der Waals surface area (Å²) >= 11 is 0. The smallest absolute Gasteiger partial charge is 0.0725 e. The predicted molar refractivity (Wildman–Crippen MR) is 260 cm³/mol. The van der Waals surface area contributed by atoms with Gasteiger partial charge < -0.3 is 4.57 Å². The van der Waals surface area contributed by atoms with E-state index in [1.165, 1.54) is 121 Å². The first-order valence-corrected chi connectivity index (χ1v) is 21.7. The van der Waals surface area contributed by atoms with Gasteiger partial charge in [-0.05, 0) is 123 Å². The maximum Gasteiger partial charge on any atom is 0.0725 e. The molecule has 0 aliphatic heterocycles. The molecule has 0 fully saturated rings. The van der Waals surface area contributed by atoms with Gasteiger partial charge in [0, 0.05) is 16.5 Å². The topological polar surface area (TPSA) is 4.93 Å². The number of fused-ring (bicyclic) bond motifs is 18. The molecule has 0 N–H and O–H groups in total. The van der Waals surface area contributed by atoms with Crippen LogP contribution in [0, 0.1) is 0 Å². The lowest BCUT2D eigenvalue weighted by Gasteiger charge is -2.30. The highest BCUT2D eigenvalue weighted by Gasteiger charge is 2.52. The average Bonchev–Trinajstić information content (AvgIpc) is 3.96. The Morgan fingerprint density at radius 3 is 1.34 bits per heavy atom. The molecule has 1 nitrogen and oxygen atoms in total. The first-order valence-electron chi connectivity index (χ1n) is 21.7. The molecule has 1 heteroatoms. The van der Waals surface area contributed by atoms with E-state index in [0.29, 0.717) is 0 Å². The third-order valence-corrected chi connectivity index (χ3v) is 14.2. The van der Waals surface area contributed by atoms with E-state index in [1.807, 2.05) is 0 Å². The van der Waals surface area contributed by atoms with Crippen LogP contribution in [0.15, 0.2) is 224 Å². The Morgan fingerprint density at radius 2 is 0.726 bits per heavy atom. The summed E-state index contributed by atoms with van der Waals surface area (Å²) in [5, 5.41) is 10.2. The Balaban J connectivity index is 1.05. The maximum absolute atomic E-state index is 2.51. The number of hydrogen-bond donors (Lipinski definition) is 0. The van der Waals surface area contributed by atoms with Crippen molar-refractivity contribution in [2.75, 3.05) is 0 Å². The van der Waals surface area contributed by atoms with Crippen molar-refractivity contribution < 1.29 is 0 Å². The Hall–Kier alpha value is -8.00. The quantitative estimate of drug-likeness (QED) is 0.157. The normalized spacial score (nSPS) is 13.3. The van der Waals surface area contributed by atoms with E-state index in [-0.39, 0.29) is 0 Å². The predicted octanol–water partition coefficient (Wildman–Crippen LogP) is 15.9. The summed E-state index contributed by atoms with van der Waals surface area (Å²) < 4.78 is 2.51. The molecule has 0 unspecified atom stereocenters. The standard InChI is InChI=1S/C61H37N/c1-2-17-39(18-3-1)56-45-22-6-8-24-47(45)57(48-25-9-7-23-46(48)56)40-30-33-41(34-31-40)62-54-36-32-38-16-4-5-19-42(38)59(54)60-55(62)37-35-53-58(60)49-26-12-15-29-52(49)61(53)50-27-13-10-20-43(50)44-21-11-14-28-51(44)61/h1-37H. The fourth-order valence-corrected chi connectivity index (χ4v) is 11.9. The molecule has 286 valence electrons. The molecule has 1 aromatic heterocycles. The van der Waals surface area contributed by atoms with Crippen LogP contribution < -0.4 is 0 Å². The molecule has 0 bridgehead atoms. The third-order valence-electron chi connectivity index (χ3n) is 14.2. The second-order valence-electron chi connectivity index (χ2n) is 17.0. The Labute approximate surface area is 359 Å². The molecule has 0 saturated heterocycles. The lowest BCUT2D eigenvalue weighted by atomic mass is 9.70. The summed E-state index contributed by atoms with van der Waals surface area (Å²) in [5.74, 6) is 0. The molecule has 1 spiro atoms. The largest absolute Gasteiger partial charge is 0.309 e. The molecule has 62 heavy (non-hydrogen) atoms. The number of nitrogens with zero attached hydrogens (tertiary/aromatic N) is 1. The van der Waals surface area contributed by atoms with Crippen LogP contribution >= 0.6 is 0 Å². The molecule has 14 rings (SSSR count). The zero-order valence-electron chi connectivity index (χ0n) is 33.8. The highest BCUT2D eigenvalue weighted by molar-refractivity contribution is 6.27. The summed E-state index contributed by atoms with van der Waals surface area (Å²) in [6, 6.07) is 83.9. The van der Waals surface area contributed by atoms with Crippen molar-refractivity contribution in [3.05, 3.63) is 247 Å². The van der Waals surface area contributed by atoms with Crippen LogP contribution in [0.1, 0.15) is 22.3 Å². The lowest BCUT2D eigenvalue weighted by molar-refractivity contribution is 0.794. The van der Waals surface area contributed by atoms with Crippen LogP contribution in [0.3, 0.4) is 0 Å². The SMILES string of the molecule is c1ccc(-c2c3ccccc3c(-c3ccc(-n4c5ccc6c(c5c5c7ccccc7ccc54)-c4ccccc4C64c5ccccc5-c5ccccc54)cc3)c3ccccc23)cc1. The lowest BCUT2D eigenvalue weighted by Crippen LogP contribution is -2.25. The van der Waals surface area contributed by atoms with E-state index in [2.05, 4.69) is 229 Å². The zero-order valence-corrected chi connectivity index (χ0v) is 33.8. The van der Waals surface area contributed by atoms with E-state index >= 15 is 0 Å². The third kappa shape index (κ3) is 4.27. The van der Waals surface area contributed by atoms with Gasteiger partial charge in [0.1, 0.15) is 0 Å². The van der Waals surface area contributed by atoms with Crippen LogP contribution in [-0.2, 0) is 5.41 Å². The van der Waals surface area contributed by atoms with Gasteiger partial charge in [-0.15, -0.1) is 0 Å². The average molecular weight is 784 g/mol. The second-order valence-corrected chi connectivity index (χ2v) is 17.0. The van der Waals surface area contributed by atoms with E-state index < -0.39 is 5.41 Å². The fraction of sp³-hybridized carbons (Fsp3) is 0.0164. The van der Waals surface area contributed by atoms with Crippen molar-refractivity contribution in [1.82, 2.24) is 4.57 Å². The Morgan fingerprint density at radius 1 is 0.274 bits per heavy atom. The van der Waals surface area contributed by atoms with E-state index in [1.54, 1.807) is 0 Å². The van der Waals surface area contributed by atoms with Gasteiger partial charge in [-0.3, -0.25) is 0 Å². The summed E-state index contributed by atoms with van der Waals surface area (Å²) in [6.45, 7) is 0. The molecule has 11 aromatic carbocycles. The minimum absolute atomic E-state index is 0.407. The number of benzene rings is 11. The van der Waals surface area contributed by atoms with Gasteiger partial charge >= 0.3 is 0 Å². The van der Waals surface area contributed by atoms with Crippen LogP contribution in [0.5, 0.6) is 0 Å². The monoisotopic (exact) mass is 783 g/mol. The molecule has 0 amide bonds. The van der Waals surface area contributed by atoms with Crippen molar-refractivity contribution in [1.29, 1.82) is 0 Å². The summed E-state index contributed by atoms with van der Waals surface area (Å²) in [4.78, 5) is 0.